The van der Waals surface area contributed by atoms with Crippen molar-refractivity contribution in [3.05, 3.63) is 71.5 Å². The van der Waals surface area contributed by atoms with Crippen LogP contribution in [0, 0.1) is 6.92 Å². The van der Waals surface area contributed by atoms with Crippen LogP contribution in [0.2, 0.25) is 0 Å². The first-order valence-electron chi connectivity index (χ1n) is 11.5. The first-order valence-corrected chi connectivity index (χ1v) is 11.5. The molecule has 1 aromatic carbocycles. The highest BCUT2D eigenvalue weighted by molar-refractivity contribution is 6.03. The number of aryl methyl sites for hydroxylation is 1. The van der Waals surface area contributed by atoms with E-state index >= 15 is 0 Å². The van der Waals surface area contributed by atoms with Gasteiger partial charge in [0.25, 0.3) is 5.91 Å². The van der Waals surface area contributed by atoms with Crippen molar-refractivity contribution in [3.8, 4) is 5.75 Å². The highest BCUT2D eigenvalue weighted by Crippen LogP contribution is 2.33. The fourth-order valence-electron chi connectivity index (χ4n) is 4.49. The maximum Gasteiger partial charge on any atom is 0.257 e. The lowest BCUT2D eigenvalue weighted by Crippen LogP contribution is -2.49. The minimum atomic E-state index is -0.240. The van der Waals surface area contributed by atoms with Crippen LogP contribution in [0.4, 0.5) is 0 Å². The van der Waals surface area contributed by atoms with Crippen LogP contribution in [0.1, 0.15) is 35.2 Å². The van der Waals surface area contributed by atoms with Gasteiger partial charge < -0.3 is 13.7 Å². The Morgan fingerprint density at radius 1 is 1.12 bits per heavy atom. The molecule has 1 amide bonds. The zero-order chi connectivity index (χ0) is 23.5. The number of carbonyl (C=O) groups is 1. The number of benzene rings is 1. The van der Waals surface area contributed by atoms with Gasteiger partial charge in [-0.15, -0.1) is 0 Å². The third kappa shape index (κ3) is 4.90. The molecule has 0 aliphatic carbocycles. The van der Waals surface area contributed by atoms with Gasteiger partial charge in [-0.1, -0.05) is 5.16 Å². The van der Waals surface area contributed by atoms with Gasteiger partial charge in [-0.2, -0.15) is 5.10 Å². The number of carbonyl (C=O) groups excluding carboxylic acids is 1. The number of hydrazone groups is 1. The molecule has 2 aliphatic heterocycles. The molecule has 178 valence electrons. The Kier molecular flexibility index (Phi) is 6.46. The summed E-state index contributed by atoms with van der Waals surface area (Å²) in [6.07, 6.45) is 2.25. The van der Waals surface area contributed by atoms with E-state index in [1.165, 1.54) is 0 Å². The first-order chi connectivity index (χ1) is 16.6. The molecule has 0 saturated carbocycles. The van der Waals surface area contributed by atoms with E-state index in [9.17, 15) is 4.79 Å². The summed E-state index contributed by atoms with van der Waals surface area (Å²) in [5.74, 6) is 2.33. The van der Waals surface area contributed by atoms with Crippen LogP contribution < -0.4 is 4.74 Å². The van der Waals surface area contributed by atoms with Crippen LogP contribution in [0.15, 0.2) is 62.8 Å². The van der Waals surface area contributed by atoms with Crippen molar-refractivity contribution in [2.45, 2.75) is 25.9 Å². The number of ether oxygens (including phenoxy) is 1. The number of amides is 1. The topological polar surface area (TPSA) is 87.5 Å². The normalized spacial score (nSPS) is 19.4. The Morgan fingerprint density at radius 3 is 2.53 bits per heavy atom. The minimum Gasteiger partial charge on any atom is -0.497 e. The van der Waals surface area contributed by atoms with E-state index in [0.29, 0.717) is 13.0 Å². The summed E-state index contributed by atoms with van der Waals surface area (Å²) >= 11 is 0. The maximum absolute atomic E-state index is 13.4. The zero-order valence-electron chi connectivity index (χ0n) is 19.5. The monoisotopic (exact) mass is 463 g/mol. The van der Waals surface area contributed by atoms with Gasteiger partial charge in [-0.25, -0.2) is 5.01 Å². The number of nitrogens with zero attached hydrogens (tertiary/aromatic N) is 5. The van der Waals surface area contributed by atoms with Crippen LogP contribution in [0.25, 0.3) is 0 Å². The summed E-state index contributed by atoms with van der Waals surface area (Å²) in [6, 6.07) is 13.2. The molecular formula is C25H29N5O4. The van der Waals surface area contributed by atoms with Crippen molar-refractivity contribution in [2.75, 3.05) is 39.8 Å². The Balaban J connectivity index is 1.23. The lowest BCUT2D eigenvalue weighted by molar-refractivity contribution is -0.135. The van der Waals surface area contributed by atoms with E-state index in [0.717, 1.165) is 67.0 Å². The molecule has 0 radical (unpaired) electrons. The predicted octanol–water partition coefficient (Wildman–Crippen LogP) is 3.08. The molecule has 5 rings (SSSR count). The summed E-state index contributed by atoms with van der Waals surface area (Å²) in [5, 5.41) is 10.4. The number of piperazine rings is 1. The van der Waals surface area contributed by atoms with Gasteiger partial charge in [0, 0.05) is 45.2 Å². The van der Waals surface area contributed by atoms with Crippen LogP contribution in [0.3, 0.4) is 0 Å². The van der Waals surface area contributed by atoms with Gasteiger partial charge in [0.1, 0.15) is 23.3 Å². The standard InChI is InChI=1S/C25H29N5O4/c1-18-14-20(27-34-18)16-28-9-11-29(12-10-28)17-25(31)30-23(24-4-3-13-33-24)15-22(26-30)19-5-7-21(32-2)8-6-19/h3-8,13-14,23H,9-12,15-17H2,1-2H3/t23-/m1/s1. The van der Waals surface area contributed by atoms with Gasteiger partial charge in [-0.3, -0.25) is 14.6 Å². The van der Waals surface area contributed by atoms with Crippen LogP contribution in [0.5, 0.6) is 5.75 Å². The van der Waals surface area contributed by atoms with Crippen molar-refractivity contribution in [1.29, 1.82) is 0 Å². The molecule has 1 atom stereocenters. The van der Waals surface area contributed by atoms with E-state index in [1.807, 2.05) is 49.4 Å². The summed E-state index contributed by atoms with van der Waals surface area (Å²) in [7, 11) is 1.64. The van der Waals surface area contributed by atoms with Crippen molar-refractivity contribution >= 4 is 11.6 Å². The Bertz CT molecular complexity index is 1130. The molecule has 0 unspecified atom stereocenters. The largest absolute Gasteiger partial charge is 0.497 e. The average Bonchev–Trinajstić information content (AvgIpc) is 3.61. The Labute approximate surface area is 198 Å². The number of aromatic nitrogens is 1. The molecule has 2 aromatic heterocycles. The molecule has 0 bridgehead atoms. The summed E-state index contributed by atoms with van der Waals surface area (Å²) in [6.45, 7) is 6.38. The molecule has 9 heteroatoms. The van der Waals surface area contributed by atoms with Crippen LogP contribution >= 0.6 is 0 Å². The molecule has 9 nitrogen and oxygen atoms in total. The minimum absolute atomic E-state index is 0.0227. The summed E-state index contributed by atoms with van der Waals surface area (Å²) in [5.41, 5.74) is 2.79. The molecule has 1 fully saturated rings. The van der Waals surface area contributed by atoms with E-state index in [2.05, 4.69) is 15.0 Å². The van der Waals surface area contributed by atoms with Crippen molar-refractivity contribution < 1.29 is 18.5 Å². The highest BCUT2D eigenvalue weighted by atomic mass is 16.5. The van der Waals surface area contributed by atoms with E-state index < -0.39 is 0 Å². The van der Waals surface area contributed by atoms with Gasteiger partial charge in [-0.05, 0) is 48.9 Å². The number of rotatable bonds is 7. The lowest BCUT2D eigenvalue weighted by Gasteiger charge is -2.34. The Morgan fingerprint density at radius 2 is 1.88 bits per heavy atom. The second kappa shape index (κ2) is 9.82. The van der Waals surface area contributed by atoms with Crippen molar-refractivity contribution in [2.24, 2.45) is 5.10 Å². The molecule has 0 N–H and O–H groups in total. The highest BCUT2D eigenvalue weighted by Gasteiger charge is 2.35. The predicted molar refractivity (Wildman–Crippen MR) is 125 cm³/mol. The third-order valence-electron chi connectivity index (χ3n) is 6.35. The molecule has 0 spiro atoms. The summed E-state index contributed by atoms with van der Waals surface area (Å²) in [4.78, 5) is 17.9. The van der Waals surface area contributed by atoms with E-state index in [4.69, 9.17) is 18.8 Å². The second-order valence-electron chi connectivity index (χ2n) is 8.73. The van der Waals surface area contributed by atoms with Gasteiger partial charge in [0.2, 0.25) is 0 Å². The number of furan rings is 1. The second-order valence-corrected chi connectivity index (χ2v) is 8.73. The quantitative estimate of drug-likeness (QED) is 0.532. The fourth-order valence-corrected chi connectivity index (χ4v) is 4.49. The van der Waals surface area contributed by atoms with E-state index in [-0.39, 0.29) is 11.9 Å². The summed E-state index contributed by atoms with van der Waals surface area (Å²) < 4.78 is 16.1. The zero-order valence-corrected chi connectivity index (χ0v) is 19.5. The van der Waals surface area contributed by atoms with Gasteiger partial charge in [0.15, 0.2) is 0 Å². The number of hydrogen-bond acceptors (Lipinski definition) is 8. The molecular weight excluding hydrogens is 434 g/mol. The van der Waals surface area contributed by atoms with Crippen molar-refractivity contribution in [1.82, 2.24) is 20.0 Å². The number of methoxy groups -OCH3 is 1. The average molecular weight is 464 g/mol. The first kappa shape index (κ1) is 22.4. The third-order valence-corrected chi connectivity index (χ3v) is 6.35. The van der Waals surface area contributed by atoms with Crippen molar-refractivity contribution in [3.63, 3.8) is 0 Å². The number of hydrogen-bond donors (Lipinski definition) is 0. The van der Waals surface area contributed by atoms with Gasteiger partial charge >= 0.3 is 0 Å². The smallest absolute Gasteiger partial charge is 0.257 e. The molecule has 4 heterocycles. The maximum atomic E-state index is 13.4. The van der Waals surface area contributed by atoms with Crippen LogP contribution in [-0.4, -0.2) is 71.4 Å². The molecule has 2 aliphatic rings. The van der Waals surface area contributed by atoms with Crippen LogP contribution in [-0.2, 0) is 11.3 Å². The fraction of sp³-hybridized carbons (Fsp3) is 0.400. The van der Waals surface area contributed by atoms with E-state index in [1.54, 1.807) is 18.4 Å². The Hall–Kier alpha value is -3.43. The molecule has 34 heavy (non-hydrogen) atoms. The van der Waals surface area contributed by atoms with Gasteiger partial charge in [0.05, 0.1) is 31.3 Å². The lowest BCUT2D eigenvalue weighted by atomic mass is 10.0. The molecule has 1 saturated heterocycles. The molecule has 3 aromatic rings. The SMILES string of the molecule is COc1ccc(C2=NN(C(=O)CN3CCN(Cc4cc(C)on4)CC3)[C@@H](c3ccco3)C2)cc1.